The number of hydrogen-bond donors (Lipinski definition) is 3. The first-order valence-electron chi connectivity index (χ1n) is 15.2. The molecule has 0 spiro atoms. The van der Waals surface area contributed by atoms with Crippen molar-refractivity contribution in [3.05, 3.63) is 12.2 Å². The largest absolute Gasteiger partial charge is 0.481 e. The summed E-state index contributed by atoms with van der Waals surface area (Å²) in [4.78, 5) is 34.8. The molecule has 0 amide bonds. The summed E-state index contributed by atoms with van der Waals surface area (Å²) in [5.41, 5.74) is 0. The molecule has 3 unspecified atom stereocenters. The van der Waals surface area contributed by atoms with Gasteiger partial charge in [-0.25, -0.2) is 0 Å². The van der Waals surface area contributed by atoms with Crippen molar-refractivity contribution in [2.75, 3.05) is 26.2 Å². The quantitative estimate of drug-likeness (QED) is 0.0599. The molecule has 0 aliphatic heterocycles. The maximum absolute atomic E-state index is 11.6. The lowest BCUT2D eigenvalue weighted by molar-refractivity contribution is -0.934. The zero-order valence-corrected chi connectivity index (χ0v) is 24.8. The molecule has 0 radical (unpaired) electrons. The van der Waals surface area contributed by atoms with Gasteiger partial charge in [0, 0.05) is 0 Å². The second-order valence-electron chi connectivity index (χ2n) is 11.6. The number of aliphatic carboxylic acids is 3. The molecule has 3 atom stereocenters. The third kappa shape index (κ3) is 18.4. The number of quaternary nitrogens is 1. The van der Waals surface area contributed by atoms with Crippen molar-refractivity contribution in [3.63, 3.8) is 0 Å². The average Bonchev–Trinajstić information content (AvgIpc) is 2.85. The van der Waals surface area contributed by atoms with Crippen LogP contribution in [0.3, 0.4) is 0 Å². The fourth-order valence-corrected chi connectivity index (χ4v) is 5.33. The van der Waals surface area contributed by atoms with E-state index in [1.807, 2.05) is 0 Å². The molecule has 0 bridgehead atoms. The SMILES string of the molecule is CCCC/C=C/CCCCCCCCCCCCC[N+](CC(C)C(=O)O)(CC(C)C(=O)O)CC(C)C(=O)O. The zero-order chi connectivity index (χ0) is 28.8. The zero-order valence-electron chi connectivity index (χ0n) is 24.8. The van der Waals surface area contributed by atoms with Gasteiger partial charge >= 0.3 is 17.9 Å². The van der Waals surface area contributed by atoms with Crippen LogP contribution in [0.2, 0.25) is 0 Å². The smallest absolute Gasteiger partial charge is 0.311 e. The Morgan fingerprint density at radius 1 is 0.553 bits per heavy atom. The lowest BCUT2D eigenvalue weighted by Crippen LogP contribution is -2.57. The molecule has 0 rings (SSSR count). The van der Waals surface area contributed by atoms with Crippen molar-refractivity contribution in [1.82, 2.24) is 0 Å². The summed E-state index contributed by atoms with van der Waals surface area (Å²) in [6, 6.07) is 0. The minimum atomic E-state index is -0.933. The molecule has 0 aliphatic carbocycles. The number of carboxylic acids is 3. The van der Waals surface area contributed by atoms with E-state index in [0.717, 1.165) is 19.3 Å². The number of hydrogen-bond acceptors (Lipinski definition) is 3. The molecule has 7 heteroatoms. The summed E-state index contributed by atoms with van der Waals surface area (Å²) < 4.78 is 0.225. The lowest BCUT2D eigenvalue weighted by Gasteiger charge is -2.42. The van der Waals surface area contributed by atoms with Crippen LogP contribution in [0.4, 0.5) is 0 Å². The van der Waals surface area contributed by atoms with Gasteiger partial charge in [0.1, 0.15) is 17.8 Å². The first-order chi connectivity index (χ1) is 18.0. The Kier molecular flexibility index (Phi) is 20.9. The van der Waals surface area contributed by atoms with Crippen LogP contribution in [0.5, 0.6) is 0 Å². The minimum absolute atomic E-state index is 0.225. The third-order valence-electron chi connectivity index (χ3n) is 7.64. The van der Waals surface area contributed by atoms with Crippen molar-refractivity contribution < 1.29 is 34.2 Å². The summed E-state index contributed by atoms with van der Waals surface area (Å²) >= 11 is 0. The first kappa shape index (κ1) is 36.1. The summed E-state index contributed by atoms with van der Waals surface area (Å²) in [6.07, 6.45) is 22.8. The van der Waals surface area contributed by atoms with Crippen molar-refractivity contribution in [2.24, 2.45) is 17.8 Å². The van der Waals surface area contributed by atoms with Crippen LogP contribution in [-0.2, 0) is 14.4 Å². The summed E-state index contributed by atoms with van der Waals surface area (Å²) in [7, 11) is 0. The maximum atomic E-state index is 11.6. The molecule has 38 heavy (non-hydrogen) atoms. The number of carbonyl (C=O) groups is 3. The Labute approximate surface area is 232 Å². The van der Waals surface area contributed by atoms with Crippen LogP contribution in [0, 0.1) is 17.8 Å². The van der Waals surface area contributed by atoms with Crippen LogP contribution in [-0.4, -0.2) is 63.9 Å². The molecule has 0 fully saturated rings. The number of carboxylic acid groups (broad SMARTS) is 3. The van der Waals surface area contributed by atoms with E-state index < -0.39 is 35.7 Å². The second-order valence-corrected chi connectivity index (χ2v) is 11.6. The van der Waals surface area contributed by atoms with E-state index >= 15 is 0 Å². The molecule has 0 saturated carbocycles. The van der Waals surface area contributed by atoms with Gasteiger partial charge in [-0.3, -0.25) is 14.4 Å². The highest BCUT2D eigenvalue weighted by molar-refractivity contribution is 5.70. The molecule has 0 aromatic carbocycles. The number of allylic oxidation sites excluding steroid dienone is 2. The Hall–Kier alpha value is -1.89. The number of rotatable bonds is 26. The molecule has 0 aliphatic rings. The van der Waals surface area contributed by atoms with E-state index in [1.54, 1.807) is 20.8 Å². The monoisotopic (exact) mass is 540 g/mol. The van der Waals surface area contributed by atoms with E-state index in [0.29, 0.717) is 6.54 Å². The Bertz CT molecular complexity index is 622. The number of nitrogens with zero attached hydrogens (tertiary/aromatic N) is 1. The van der Waals surface area contributed by atoms with E-state index in [1.165, 1.54) is 77.0 Å². The Morgan fingerprint density at radius 2 is 0.868 bits per heavy atom. The maximum Gasteiger partial charge on any atom is 0.311 e. The fraction of sp³-hybridized carbons (Fsp3) is 0.839. The molecule has 222 valence electrons. The predicted molar refractivity (Wildman–Crippen MR) is 154 cm³/mol. The molecular weight excluding hydrogens is 482 g/mol. The molecule has 3 N–H and O–H groups in total. The standard InChI is InChI=1S/C31H57NO6/c1-5-6-7-8-9-10-11-12-13-14-15-16-17-18-19-20-21-22-32(23-26(2)29(33)34,24-27(3)30(35)36)25-28(4)31(37)38/h8-9,26-28H,5-7,10-25H2,1-4H3,(H2-,33,34,35,36,37,38)/p+1/b9-8+. The van der Waals surface area contributed by atoms with Gasteiger partial charge < -0.3 is 19.8 Å². The second kappa shape index (κ2) is 22.0. The minimum Gasteiger partial charge on any atom is -0.481 e. The van der Waals surface area contributed by atoms with Crippen molar-refractivity contribution in [1.29, 1.82) is 0 Å². The first-order valence-corrected chi connectivity index (χ1v) is 15.2. The third-order valence-corrected chi connectivity index (χ3v) is 7.64. The van der Waals surface area contributed by atoms with Crippen molar-refractivity contribution in [3.8, 4) is 0 Å². The van der Waals surface area contributed by atoms with Crippen molar-refractivity contribution >= 4 is 17.9 Å². The van der Waals surface area contributed by atoms with Gasteiger partial charge in [0.2, 0.25) is 0 Å². The molecule has 0 aromatic rings. The van der Waals surface area contributed by atoms with Gasteiger partial charge in [0.25, 0.3) is 0 Å². The molecule has 0 saturated heterocycles. The van der Waals surface area contributed by atoms with E-state index in [2.05, 4.69) is 19.1 Å². The van der Waals surface area contributed by atoms with Crippen LogP contribution in [0.1, 0.15) is 124 Å². The average molecular weight is 541 g/mol. The van der Waals surface area contributed by atoms with Gasteiger partial charge in [0.15, 0.2) is 0 Å². The molecule has 0 aromatic heterocycles. The Morgan fingerprint density at radius 3 is 1.21 bits per heavy atom. The Balaban J connectivity index is 4.42. The molecular formula is C31H58NO6+. The van der Waals surface area contributed by atoms with Crippen LogP contribution >= 0.6 is 0 Å². The van der Waals surface area contributed by atoms with Gasteiger partial charge in [-0.2, -0.15) is 0 Å². The summed E-state index contributed by atoms with van der Waals surface area (Å²) in [6.45, 7) is 8.46. The molecule has 0 heterocycles. The summed E-state index contributed by atoms with van der Waals surface area (Å²) in [5, 5.41) is 28.5. The van der Waals surface area contributed by atoms with Crippen molar-refractivity contribution in [2.45, 2.75) is 124 Å². The number of unbranched alkanes of at least 4 members (excludes halogenated alkanes) is 13. The summed E-state index contributed by atoms with van der Waals surface area (Å²) in [5.74, 6) is -4.80. The fourth-order valence-electron chi connectivity index (χ4n) is 5.33. The highest BCUT2D eigenvalue weighted by atomic mass is 16.4. The highest BCUT2D eigenvalue weighted by Gasteiger charge is 2.38. The normalized spacial score (nSPS) is 15.7. The van der Waals surface area contributed by atoms with E-state index in [4.69, 9.17) is 0 Å². The highest BCUT2D eigenvalue weighted by Crippen LogP contribution is 2.22. The van der Waals surface area contributed by atoms with Crippen LogP contribution < -0.4 is 0 Å². The van der Waals surface area contributed by atoms with Gasteiger partial charge in [-0.05, 0) is 52.9 Å². The lowest BCUT2D eigenvalue weighted by atomic mass is 10.00. The van der Waals surface area contributed by atoms with Crippen LogP contribution in [0.25, 0.3) is 0 Å². The van der Waals surface area contributed by atoms with E-state index in [-0.39, 0.29) is 24.1 Å². The van der Waals surface area contributed by atoms with Gasteiger partial charge in [0.05, 0.1) is 26.2 Å². The van der Waals surface area contributed by atoms with Gasteiger partial charge in [-0.15, -0.1) is 0 Å². The van der Waals surface area contributed by atoms with Crippen LogP contribution in [0.15, 0.2) is 12.2 Å². The topological polar surface area (TPSA) is 112 Å². The van der Waals surface area contributed by atoms with E-state index in [9.17, 15) is 29.7 Å². The van der Waals surface area contributed by atoms with Gasteiger partial charge in [-0.1, -0.05) is 83.3 Å². The molecule has 7 nitrogen and oxygen atoms in total. The predicted octanol–water partition coefficient (Wildman–Crippen LogP) is 7.39.